The van der Waals surface area contributed by atoms with Gasteiger partial charge >= 0.3 is 5.97 Å². The van der Waals surface area contributed by atoms with Crippen molar-refractivity contribution in [3.05, 3.63) is 23.8 Å². The lowest BCUT2D eigenvalue weighted by Gasteiger charge is -2.12. The van der Waals surface area contributed by atoms with Crippen LogP contribution in [0.1, 0.15) is 19.4 Å². The van der Waals surface area contributed by atoms with Crippen molar-refractivity contribution in [3.63, 3.8) is 0 Å². The fourth-order valence-electron chi connectivity index (χ4n) is 1.55. The van der Waals surface area contributed by atoms with Crippen molar-refractivity contribution in [2.75, 3.05) is 26.9 Å². The molecule has 5 heteroatoms. The number of methoxy groups -OCH3 is 1. The van der Waals surface area contributed by atoms with E-state index in [0.29, 0.717) is 18.1 Å². The predicted molar refractivity (Wildman–Crippen MR) is 72.5 cm³/mol. The van der Waals surface area contributed by atoms with Crippen LogP contribution >= 0.6 is 0 Å². The summed E-state index contributed by atoms with van der Waals surface area (Å²) in [5, 5.41) is 3.23. The van der Waals surface area contributed by atoms with Crippen LogP contribution in [0.25, 0.3) is 0 Å². The Bertz CT molecular complexity index is 406. The fraction of sp³-hybridized carbons (Fsp3) is 0.500. The van der Waals surface area contributed by atoms with Crippen LogP contribution in [0.4, 0.5) is 0 Å². The Labute approximate surface area is 113 Å². The molecule has 0 fully saturated rings. The Morgan fingerprint density at radius 1 is 1.26 bits per heavy atom. The quantitative estimate of drug-likeness (QED) is 0.727. The van der Waals surface area contributed by atoms with Gasteiger partial charge in [-0.3, -0.25) is 0 Å². The Morgan fingerprint density at radius 2 is 2.05 bits per heavy atom. The van der Waals surface area contributed by atoms with Crippen molar-refractivity contribution >= 4 is 5.97 Å². The van der Waals surface area contributed by atoms with Crippen LogP contribution in [0.5, 0.6) is 11.5 Å². The maximum Gasteiger partial charge on any atom is 0.344 e. The number of carbonyl (C=O) groups is 1. The zero-order valence-corrected chi connectivity index (χ0v) is 11.7. The van der Waals surface area contributed by atoms with Crippen molar-refractivity contribution in [1.29, 1.82) is 0 Å². The molecule has 1 aromatic rings. The molecule has 1 aromatic carbocycles. The van der Waals surface area contributed by atoms with Crippen LogP contribution in [-0.4, -0.2) is 32.8 Å². The van der Waals surface area contributed by atoms with E-state index in [2.05, 4.69) is 5.32 Å². The second-order valence-electron chi connectivity index (χ2n) is 3.86. The highest BCUT2D eigenvalue weighted by Gasteiger charge is 2.08. The lowest BCUT2D eigenvalue weighted by atomic mass is 10.2. The zero-order valence-electron chi connectivity index (χ0n) is 11.7. The predicted octanol–water partition coefficient (Wildman–Crippen LogP) is 1.75. The number of hydrogen-bond acceptors (Lipinski definition) is 5. The van der Waals surface area contributed by atoms with Gasteiger partial charge in [0.1, 0.15) is 0 Å². The smallest absolute Gasteiger partial charge is 0.344 e. The highest BCUT2D eigenvalue weighted by atomic mass is 16.6. The molecule has 0 bridgehead atoms. The summed E-state index contributed by atoms with van der Waals surface area (Å²) in [5.74, 6) is 0.761. The molecular weight excluding hydrogens is 246 g/mol. The summed E-state index contributed by atoms with van der Waals surface area (Å²) in [7, 11) is 1.57. The number of esters is 1. The summed E-state index contributed by atoms with van der Waals surface area (Å²) in [6.07, 6.45) is 0. The molecule has 0 aromatic heterocycles. The molecule has 5 nitrogen and oxygen atoms in total. The summed E-state index contributed by atoms with van der Waals surface area (Å²) in [6, 6.07) is 5.62. The number of benzene rings is 1. The molecule has 0 spiro atoms. The molecule has 0 amide bonds. The summed E-state index contributed by atoms with van der Waals surface area (Å²) < 4.78 is 15.4. The Balaban J connectivity index is 2.64. The third kappa shape index (κ3) is 5.18. The molecule has 0 unspecified atom stereocenters. The maximum atomic E-state index is 11.2. The molecule has 1 N–H and O–H groups in total. The molecule has 19 heavy (non-hydrogen) atoms. The molecule has 106 valence electrons. The second kappa shape index (κ2) is 8.37. The number of hydrogen-bond donors (Lipinski definition) is 1. The number of rotatable bonds is 8. The van der Waals surface area contributed by atoms with E-state index in [1.165, 1.54) is 0 Å². The molecule has 0 aliphatic carbocycles. The zero-order chi connectivity index (χ0) is 14.1. The topological polar surface area (TPSA) is 56.8 Å². The summed E-state index contributed by atoms with van der Waals surface area (Å²) in [6.45, 7) is 5.72. The van der Waals surface area contributed by atoms with Gasteiger partial charge in [0.2, 0.25) is 0 Å². The second-order valence-corrected chi connectivity index (χ2v) is 3.86. The number of ether oxygens (including phenoxy) is 3. The first-order chi connectivity index (χ1) is 9.21. The molecule has 0 atom stereocenters. The first kappa shape index (κ1) is 15.3. The number of nitrogens with one attached hydrogen (secondary N) is 1. The average molecular weight is 267 g/mol. The largest absolute Gasteiger partial charge is 0.493 e. The molecule has 0 saturated heterocycles. The van der Waals surface area contributed by atoms with Crippen LogP contribution < -0.4 is 14.8 Å². The molecule has 1 rings (SSSR count). The first-order valence-electron chi connectivity index (χ1n) is 6.37. The monoisotopic (exact) mass is 267 g/mol. The lowest BCUT2D eigenvalue weighted by molar-refractivity contribution is -0.145. The van der Waals surface area contributed by atoms with Crippen LogP contribution in [0, 0.1) is 0 Å². The summed E-state index contributed by atoms with van der Waals surface area (Å²) in [4.78, 5) is 11.2. The van der Waals surface area contributed by atoms with E-state index >= 15 is 0 Å². The average Bonchev–Trinajstić information content (AvgIpc) is 2.43. The summed E-state index contributed by atoms with van der Waals surface area (Å²) >= 11 is 0. The van der Waals surface area contributed by atoms with Gasteiger partial charge in [0.05, 0.1) is 13.7 Å². The molecule has 0 heterocycles. The van der Waals surface area contributed by atoms with Crippen molar-refractivity contribution in [2.24, 2.45) is 0 Å². The highest BCUT2D eigenvalue weighted by molar-refractivity contribution is 5.71. The van der Waals surface area contributed by atoms with E-state index in [1.54, 1.807) is 20.1 Å². The van der Waals surface area contributed by atoms with E-state index in [0.717, 1.165) is 18.7 Å². The van der Waals surface area contributed by atoms with E-state index in [9.17, 15) is 4.79 Å². The molecule has 0 radical (unpaired) electrons. The minimum atomic E-state index is -0.388. The third-order valence-corrected chi connectivity index (χ3v) is 2.46. The molecular formula is C14H21NO4. The van der Waals surface area contributed by atoms with Gasteiger partial charge in [-0.2, -0.15) is 0 Å². The summed E-state index contributed by atoms with van der Waals surface area (Å²) in [5.41, 5.74) is 1.10. The maximum absolute atomic E-state index is 11.2. The van der Waals surface area contributed by atoms with Crippen LogP contribution in [-0.2, 0) is 16.1 Å². The third-order valence-electron chi connectivity index (χ3n) is 2.46. The van der Waals surface area contributed by atoms with Crippen molar-refractivity contribution in [2.45, 2.75) is 20.4 Å². The van der Waals surface area contributed by atoms with Gasteiger partial charge in [-0.05, 0) is 31.2 Å². The van der Waals surface area contributed by atoms with Crippen molar-refractivity contribution in [1.82, 2.24) is 5.32 Å². The first-order valence-corrected chi connectivity index (χ1v) is 6.37. The van der Waals surface area contributed by atoms with Gasteiger partial charge in [0, 0.05) is 6.54 Å². The van der Waals surface area contributed by atoms with E-state index < -0.39 is 0 Å². The lowest BCUT2D eigenvalue weighted by Crippen LogP contribution is -2.15. The fourth-order valence-corrected chi connectivity index (χ4v) is 1.55. The van der Waals surface area contributed by atoms with Crippen LogP contribution in [0.3, 0.4) is 0 Å². The van der Waals surface area contributed by atoms with Gasteiger partial charge in [0.15, 0.2) is 18.1 Å². The standard InChI is InChI=1S/C14H21NO4/c1-4-15-9-11-6-7-12(13(8-11)17-3)19-10-14(16)18-5-2/h6-8,15H,4-5,9-10H2,1-3H3. The van der Waals surface area contributed by atoms with E-state index in [-0.39, 0.29) is 12.6 Å². The SMILES string of the molecule is CCNCc1ccc(OCC(=O)OCC)c(OC)c1. The van der Waals surface area contributed by atoms with Gasteiger partial charge in [-0.1, -0.05) is 13.0 Å². The van der Waals surface area contributed by atoms with E-state index in [4.69, 9.17) is 14.2 Å². The van der Waals surface area contributed by atoms with Crippen molar-refractivity contribution in [3.8, 4) is 11.5 Å². The number of carbonyl (C=O) groups excluding carboxylic acids is 1. The van der Waals surface area contributed by atoms with Gasteiger partial charge in [-0.25, -0.2) is 4.79 Å². The van der Waals surface area contributed by atoms with Gasteiger partial charge in [-0.15, -0.1) is 0 Å². The molecule has 0 aliphatic rings. The highest BCUT2D eigenvalue weighted by Crippen LogP contribution is 2.28. The van der Waals surface area contributed by atoms with Crippen LogP contribution in [0.2, 0.25) is 0 Å². The Morgan fingerprint density at radius 3 is 2.68 bits per heavy atom. The van der Waals surface area contributed by atoms with E-state index in [1.807, 2.05) is 19.1 Å². The normalized spacial score (nSPS) is 10.1. The minimum Gasteiger partial charge on any atom is -0.493 e. The van der Waals surface area contributed by atoms with Crippen molar-refractivity contribution < 1.29 is 19.0 Å². The van der Waals surface area contributed by atoms with Gasteiger partial charge in [0.25, 0.3) is 0 Å². The minimum absolute atomic E-state index is 0.114. The molecule has 0 aliphatic heterocycles. The van der Waals surface area contributed by atoms with Gasteiger partial charge < -0.3 is 19.5 Å². The Kier molecular flexibility index (Phi) is 6.74. The molecule has 0 saturated carbocycles. The Hall–Kier alpha value is -1.75. The van der Waals surface area contributed by atoms with Crippen LogP contribution in [0.15, 0.2) is 18.2 Å².